The molecule has 30 heavy (non-hydrogen) atoms. The van der Waals surface area contributed by atoms with E-state index in [1.807, 2.05) is 31.2 Å². The Morgan fingerprint density at radius 3 is 2.70 bits per heavy atom. The summed E-state index contributed by atoms with van der Waals surface area (Å²) < 4.78 is 5.76. The van der Waals surface area contributed by atoms with E-state index in [-0.39, 0.29) is 18.4 Å². The SMILES string of the molecule is CC[C@@H]1Oc2ccccc2N(CC(=O)NCCCN(CC)c2cccc(C)c2)C1=O. The number of anilines is 2. The molecule has 1 aliphatic heterocycles. The molecule has 160 valence electrons. The molecule has 2 amide bonds. The minimum atomic E-state index is -0.542. The molecule has 0 spiro atoms. The lowest BCUT2D eigenvalue weighted by Crippen LogP contribution is -2.49. The molecule has 6 heteroatoms. The van der Waals surface area contributed by atoms with Crippen LogP contribution in [0.5, 0.6) is 5.75 Å². The van der Waals surface area contributed by atoms with Gasteiger partial charge in [0.2, 0.25) is 5.91 Å². The van der Waals surface area contributed by atoms with Crippen molar-refractivity contribution in [2.75, 3.05) is 36.0 Å². The van der Waals surface area contributed by atoms with Gasteiger partial charge in [-0.3, -0.25) is 14.5 Å². The maximum Gasteiger partial charge on any atom is 0.268 e. The van der Waals surface area contributed by atoms with Crippen molar-refractivity contribution >= 4 is 23.2 Å². The van der Waals surface area contributed by atoms with Gasteiger partial charge in [0.15, 0.2) is 6.10 Å². The highest BCUT2D eigenvalue weighted by Crippen LogP contribution is 2.34. The predicted molar refractivity (Wildman–Crippen MR) is 120 cm³/mol. The number of nitrogens with one attached hydrogen (secondary N) is 1. The molecule has 1 N–H and O–H groups in total. The first-order chi connectivity index (χ1) is 14.5. The van der Waals surface area contributed by atoms with Crippen LogP contribution in [0.4, 0.5) is 11.4 Å². The van der Waals surface area contributed by atoms with Gasteiger partial charge in [-0.25, -0.2) is 0 Å². The summed E-state index contributed by atoms with van der Waals surface area (Å²) in [5.41, 5.74) is 3.09. The molecule has 1 atom stereocenters. The third-order valence-electron chi connectivity index (χ3n) is 5.31. The molecule has 0 unspecified atom stereocenters. The lowest BCUT2D eigenvalue weighted by molar-refractivity contribution is -0.129. The summed E-state index contributed by atoms with van der Waals surface area (Å²) in [5.74, 6) is 0.324. The molecule has 6 nitrogen and oxygen atoms in total. The van der Waals surface area contributed by atoms with Crippen LogP contribution in [0, 0.1) is 6.92 Å². The number of rotatable bonds is 9. The van der Waals surface area contributed by atoms with Crippen LogP contribution in [-0.4, -0.2) is 44.1 Å². The number of benzene rings is 2. The Balaban J connectivity index is 1.52. The van der Waals surface area contributed by atoms with E-state index in [0.717, 1.165) is 19.5 Å². The van der Waals surface area contributed by atoms with Crippen LogP contribution in [0.2, 0.25) is 0 Å². The van der Waals surface area contributed by atoms with E-state index in [2.05, 4.69) is 48.3 Å². The Morgan fingerprint density at radius 1 is 1.17 bits per heavy atom. The number of amides is 2. The van der Waals surface area contributed by atoms with Gasteiger partial charge in [-0.15, -0.1) is 0 Å². The van der Waals surface area contributed by atoms with Crippen LogP contribution in [0.1, 0.15) is 32.3 Å². The molecule has 0 radical (unpaired) electrons. The lowest BCUT2D eigenvalue weighted by Gasteiger charge is -2.33. The first-order valence-electron chi connectivity index (χ1n) is 10.7. The number of ether oxygens (including phenoxy) is 1. The molecule has 2 aromatic rings. The standard InChI is InChI=1S/C24H31N3O3/c1-4-21-24(29)27(20-12-6-7-13-22(20)30-21)17-23(28)25-14-9-15-26(5-2)19-11-8-10-18(3)16-19/h6-8,10-13,16,21H,4-5,9,14-15,17H2,1-3H3,(H,25,28)/t21-/m0/s1. The Kier molecular flexibility index (Phi) is 7.33. The topological polar surface area (TPSA) is 61.9 Å². The van der Waals surface area contributed by atoms with E-state index in [1.165, 1.54) is 16.2 Å². The van der Waals surface area contributed by atoms with Crippen molar-refractivity contribution in [2.24, 2.45) is 0 Å². The molecule has 0 bridgehead atoms. The van der Waals surface area contributed by atoms with Crippen LogP contribution in [0.15, 0.2) is 48.5 Å². The molecule has 2 aromatic carbocycles. The lowest BCUT2D eigenvalue weighted by atomic mass is 10.1. The quantitative estimate of drug-likeness (QED) is 0.644. The number of fused-ring (bicyclic) bond motifs is 1. The van der Waals surface area contributed by atoms with Gasteiger partial charge in [0.1, 0.15) is 12.3 Å². The Hall–Kier alpha value is -3.02. The van der Waals surface area contributed by atoms with Crippen molar-refractivity contribution in [2.45, 2.75) is 39.7 Å². The molecule has 0 saturated heterocycles. The molecule has 1 heterocycles. The minimum Gasteiger partial charge on any atom is -0.478 e. The van der Waals surface area contributed by atoms with Crippen molar-refractivity contribution in [3.63, 3.8) is 0 Å². The first kappa shape index (κ1) is 21.7. The van der Waals surface area contributed by atoms with Gasteiger partial charge in [0, 0.05) is 25.3 Å². The van der Waals surface area contributed by atoms with E-state index in [4.69, 9.17) is 4.74 Å². The van der Waals surface area contributed by atoms with Gasteiger partial charge in [0.25, 0.3) is 5.91 Å². The monoisotopic (exact) mass is 409 g/mol. The smallest absolute Gasteiger partial charge is 0.268 e. The molecule has 0 aliphatic carbocycles. The van der Waals surface area contributed by atoms with Crippen molar-refractivity contribution in [3.05, 3.63) is 54.1 Å². The zero-order valence-corrected chi connectivity index (χ0v) is 18.1. The number of hydrogen-bond donors (Lipinski definition) is 1. The Labute approximate surface area is 178 Å². The molecule has 0 aromatic heterocycles. The maximum absolute atomic E-state index is 12.7. The van der Waals surface area contributed by atoms with E-state index in [0.29, 0.717) is 24.4 Å². The number of para-hydroxylation sites is 2. The normalized spacial score (nSPS) is 15.4. The zero-order valence-electron chi connectivity index (χ0n) is 18.1. The predicted octanol–water partition coefficient (Wildman–Crippen LogP) is 3.53. The van der Waals surface area contributed by atoms with Crippen molar-refractivity contribution in [3.8, 4) is 5.75 Å². The highest BCUT2D eigenvalue weighted by molar-refractivity contribution is 6.03. The Morgan fingerprint density at radius 2 is 1.97 bits per heavy atom. The highest BCUT2D eigenvalue weighted by Gasteiger charge is 2.34. The minimum absolute atomic E-state index is 0.00504. The van der Waals surface area contributed by atoms with Crippen LogP contribution < -0.4 is 19.9 Å². The Bertz CT molecular complexity index is 884. The number of carbonyl (C=O) groups excluding carboxylic acids is 2. The average molecular weight is 410 g/mol. The summed E-state index contributed by atoms with van der Waals surface area (Å²) in [6.07, 6.45) is 0.857. The number of carbonyl (C=O) groups is 2. The molecule has 0 fully saturated rings. The fraction of sp³-hybridized carbons (Fsp3) is 0.417. The average Bonchev–Trinajstić information content (AvgIpc) is 2.75. The summed E-state index contributed by atoms with van der Waals surface area (Å²) in [7, 11) is 0. The van der Waals surface area contributed by atoms with Crippen LogP contribution >= 0.6 is 0 Å². The van der Waals surface area contributed by atoms with Crippen molar-refractivity contribution in [1.29, 1.82) is 0 Å². The molecule has 1 aliphatic rings. The van der Waals surface area contributed by atoms with Gasteiger partial charge in [-0.1, -0.05) is 31.2 Å². The molecular formula is C24H31N3O3. The van der Waals surface area contributed by atoms with Gasteiger partial charge in [-0.05, 0) is 56.5 Å². The summed E-state index contributed by atoms with van der Waals surface area (Å²) >= 11 is 0. The zero-order chi connectivity index (χ0) is 21.5. The fourth-order valence-corrected chi connectivity index (χ4v) is 3.69. The largest absolute Gasteiger partial charge is 0.478 e. The maximum atomic E-state index is 12.7. The molecule has 3 rings (SSSR count). The number of aryl methyl sites for hydroxylation is 1. The van der Waals surface area contributed by atoms with Crippen LogP contribution in [-0.2, 0) is 9.59 Å². The highest BCUT2D eigenvalue weighted by atomic mass is 16.5. The molecular weight excluding hydrogens is 378 g/mol. The first-order valence-corrected chi connectivity index (χ1v) is 10.7. The van der Waals surface area contributed by atoms with Crippen molar-refractivity contribution < 1.29 is 14.3 Å². The second kappa shape index (κ2) is 10.1. The van der Waals surface area contributed by atoms with Gasteiger partial charge in [-0.2, -0.15) is 0 Å². The molecule has 0 saturated carbocycles. The third kappa shape index (κ3) is 5.12. The van der Waals surface area contributed by atoms with E-state index in [9.17, 15) is 9.59 Å². The number of hydrogen-bond acceptors (Lipinski definition) is 4. The van der Waals surface area contributed by atoms with Crippen LogP contribution in [0.25, 0.3) is 0 Å². The second-order valence-corrected chi connectivity index (χ2v) is 7.53. The van der Waals surface area contributed by atoms with Crippen molar-refractivity contribution in [1.82, 2.24) is 5.32 Å². The van der Waals surface area contributed by atoms with E-state index < -0.39 is 6.10 Å². The van der Waals surface area contributed by atoms with E-state index >= 15 is 0 Å². The summed E-state index contributed by atoms with van der Waals surface area (Å²) in [4.78, 5) is 29.1. The number of nitrogens with zero attached hydrogens (tertiary/aromatic N) is 2. The summed E-state index contributed by atoms with van der Waals surface area (Å²) in [6, 6.07) is 15.8. The third-order valence-corrected chi connectivity index (χ3v) is 5.31. The van der Waals surface area contributed by atoms with Gasteiger partial charge in [0.05, 0.1) is 5.69 Å². The second-order valence-electron chi connectivity index (χ2n) is 7.53. The summed E-state index contributed by atoms with van der Waals surface area (Å²) in [5, 5.41) is 2.96. The fourth-order valence-electron chi connectivity index (χ4n) is 3.69. The van der Waals surface area contributed by atoms with Crippen LogP contribution in [0.3, 0.4) is 0 Å². The summed E-state index contributed by atoms with van der Waals surface area (Å²) in [6.45, 7) is 8.47. The van der Waals surface area contributed by atoms with Gasteiger partial charge >= 0.3 is 0 Å². The van der Waals surface area contributed by atoms with E-state index in [1.54, 1.807) is 0 Å². The van der Waals surface area contributed by atoms with Gasteiger partial charge < -0.3 is 15.0 Å².